The van der Waals surface area contributed by atoms with E-state index in [1.807, 2.05) is 60.7 Å². The van der Waals surface area contributed by atoms with Crippen molar-refractivity contribution in [2.45, 2.75) is 51.5 Å². The highest BCUT2D eigenvalue weighted by Crippen LogP contribution is 2.15. The lowest BCUT2D eigenvalue weighted by Gasteiger charge is -2.16. The highest BCUT2D eigenvalue weighted by atomic mass is 28.3. The molecule has 1 atom stereocenters. The van der Waals surface area contributed by atoms with Crippen LogP contribution in [0.5, 0.6) is 0 Å². The number of tetrazole rings is 1. The van der Waals surface area contributed by atoms with E-state index < -0.39 is 20.2 Å². The van der Waals surface area contributed by atoms with Crippen molar-refractivity contribution in [2.24, 2.45) is 0 Å². The van der Waals surface area contributed by atoms with Crippen LogP contribution in [0.3, 0.4) is 0 Å². The summed E-state index contributed by atoms with van der Waals surface area (Å²) in [6.45, 7) is 8.00. The lowest BCUT2D eigenvalue weighted by atomic mass is 10.1. The number of aromatic nitrogens is 4. The summed E-state index contributed by atoms with van der Waals surface area (Å²) in [5.41, 5.74) is 1.96. The van der Waals surface area contributed by atoms with Gasteiger partial charge in [0.25, 0.3) is 0 Å². The highest BCUT2D eigenvalue weighted by molar-refractivity contribution is 6.76. The lowest BCUT2D eigenvalue weighted by molar-refractivity contribution is 0.0670. The summed E-state index contributed by atoms with van der Waals surface area (Å²) in [5, 5.41) is 15.5. The lowest BCUT2D eigenvalue weighted by Crippen LogP contribution is -2.31. The molecule has 1 aromatic heterocycles. The molecular formula is C23H31N5O3Si. The molecule has 1 heterocycles. The molecule has 9 heteroatoms. The Labute approximate surface area is 189 Å². The van der Waals surface area contributed by atoms with Gasteiger partial charge in [0.15, 0.2) is 12.6 Å². The fourth-order valence-electron chi connectivity index (χ4n) is 2.94. The molecule has 8 nitrogen and oxygen atoms in total. The van der Waals surface area contributed by atoms with Gasteiger partial charge in [-0.15, -0.1) is 15.0 Å². The Bertz CT molecular complexity index is 961. The van der Waals surface area contributed by atoms with E-state index in [2.05, 4.69) is 40.4 Å². The van der Waals surface area contributed by atoms with E-state index >= 15 is 0 Å². The number of carbonyl (C=O) groups excluding carboxylic acids is 1. The summed E-state index contributed by atoms with van der Waals surface area (Å²) in [7, 11) is -1.15. The number of carbonyl (C=O) groups is 1. The van der Waals surface area contributed by atoms with Crippen LogP contribution < -0.4 is 5.32 Å². The number of benzene rings is 2. The van der Waals surface area contributed by atoms with Gasteiger partial charge in [-0.3, -0.25) is 0 Å². The first-order valence-electron chi connectivity index (χ1n) is 10.8. The van der Waals surface area contributed by atoms with Crippen LogP contribution in [-0.2, 0) is 29.2 Å². The second-order valence-electron chi connectivity index (χ2n) is 8.82. The minimum Gasteiger partial charge on any atom is -0.445 e. The van der Waals surface area contributed by atoms with Crippen molar-refractivity contribution in [1.82, 2.24) is 25.5 Å². The molecular weight excluding hydrogens is 422 g/mol. The first-order valence-corrected chi connectivity index (χ1v) is 14.5. The van der Waals surface area contributed by atoms with Crippen molar-refractivity contribution >= 4 is 14.2 Å². The minimum atomic E-state index is -1.15. The molecule has 32 heavy (non-hydrogen) atoms. The fraction of sp³-hybridized carbons (Fsp3) is 0.391. The number of hydrogen-bond donors (Lipinski definition) is 1. The largest absolute Gasteiger partial charge is 0.445 e. The molecule has 1 amide bonds. The number of nitrogens with one attached hydrogen (secondary N) is 1. The number of amides is 1. The zero-order valence-electron chi connectivity index (χ0n) is 18.9. The molecule has 1 N–H and O–H groups in total. The zero-order chi connectivity index (χ0) is 22.8. The molecule has 0 saturated carbocycles. The first kappa shape index (κ1) is 23.6. The summed E-state index contributed by atoms with van der Waals surface area (Å²) in [6, 6.07) is 20.0. The van der Waals surface area contributed by atoms with Gasteiger partial charge < -0.3 is 14.8 Å². The number of hydrogen-bond acceptors (Lipinski definition) is 6. The van der Waals surface area contributed by atoms with Crippen molar-refractivity contribution in [3.8, 4) is 0 Å². The van der Waals surface area contributed by atoms with Crippen LogP contribution in [0.25, 0.3) is 0 Å². The van der Waals surface area contributed by atoms with E-state index in [-0.39, 0.29) is 13.3 Å². The predicted octanol–water partition coefficient (Wildman–Crippen LogP) is 4.20. The molecule has 170 valence electrons. The minimum absolute atomic E-state index is 0.190. The van der Waals surface area contributed by atoms with Crippen LogP contribution in [0.2, 0.25) is 25.7 Å². The Kier molecular flexibility index (Phi) is 8.52. The molecule has 0 aliphatic carbocycles. The summed E-state index contributed by atoms with van der Waals surface area (Å²) < 4.78 is 11.1. The van der Waals surface area contributed by atoms with E-state index in [0.717, 1.165) is 17.2 Å². The normalized spacial score (nSPS) is 12.3. The molecule has 1 unspecified atom stereocenters. The van der Waals surface area contributed by atoms with E-state index in [4.69, 9.17) is 9.47 Å². The second kappa shape index (κ2) is 11.5. The number of rotatable bonds is 11. The number of alkyl carbamates (subject to hydrolysis) is 1. The average Bonchev–Trinajstić information content (AvgIpc) is 3.25. The van der Waals surface area contributed by atoms with Crippen LogP contribution in [-0.4, -0.2) is 41.0 Å². The molecule has 0 aliphatic heterocycles. The van der Waals surface area contributed by atoms with Gasteiger partial charge in [-0.2, -0.15) is 0 Å². The van der Waals surface area contributed by atoms with Gasteiger partial charge in [0.2, 0.25) is 0 Å². The third-order valence-electron chi connectivity index (χ3n) is 4.77. The average molecular weight is 454 g/mol. The number of ether oxygens (including phenoxy) is 2. The van der Waals surface area contributed by atoms with Gasteiger partial charge in [0.05, 0.1) is 0 Å². The quantitative estimate of drug-likeness (QED) is 0.346. The zero-order valence-corrected chi connectivity index (χ0v) is 19.9. The molecule has 3 aromatic rings. The Morgan fingerprint density at radius 2 is 1.69 bits per heavy atom. The van der Waals surface area contributed by atoms with Crippen LogP contribution >= 0.6 is 0 Å². The van der Waals surface area contributed by atoms with Crippen LogP contribution in [0, 0.1) is 0 Å². The van der Waals surface area contributed by atoms with E-state index in [9.17, 15) is 4.79 Å². The molecule has 0 radical (unpaired) electrons. The summed E-state index contributed by atoms with van der Waals surface area (Å²) >= 11 is 0. The van der Waals surface area contributed by atoms with E-state index in [0.29, 0.717) is 18.9 Å². The Morgan fingerprint density at radius 1 is 1.03 bits per heavy atom. The van der Waals surface area contributed by atoms with Crippen LogP contribution in [0.15, 0.2) is 60.7 Å². The van der Waals surface area contributed by atoms with Crippen LogP contribution in [0.4, 0.5) is 4.79 Å². The summed E-state index contributed by atoms with van der Waals surface area (Å²) in [5.74, 6) is 0.416. The van der Waals surface area contributed by atoms with Crippen molar-refractivity contribution < 1.29 is 14.3 Å². The maximum atomic E-state index is 12.5. The SMILES string of the molecule is C[Si](C)(C)CCOCn1nnc(C(Cc2ccccc2)NC(=O)OCc2ccccc2)n1. The van der Waals surface area contributed by atoms with Gasteiger partial charge in [0.1, 0.15) is 12.6 Å². The third-order valence-corrected chi connectivity index (χ3v) is 6.47. The van der Waals surface area contributed by atoms with Crippen molar-refractivity contribution in [3.05, 3.63) is 77.6 Å². The van der Waals surface area contributed by atoms with E-state index in [1.165, 1.54) is 4.80 Å². The first-order chi connectivity index (χ1) is 15.4. The van der Waals surface area contributed by atoms with Gasteiger partial charge in [-0.05, 0) is 22.4 Å². The molecule has 3 rings (SSSR count). The molecule has 0 bridgehead atoms. The summed E-state index contributed by atoms with van der Waals surface area (Å²) in [6.07, 6.45) is -0.0128. The maximum absolute atomic E-state index is 12.5. The molecule has 0 saturated heterocycles. The predicted molar refractivity (Wildman–Crippen MR) is 125 cm³/mol. The smallest absolute Gasteiger partial charge is 0.408 e. The molecule has 0 fully saturated rings. The van der Waals surface area contributed by atoms with E-state index in [1.54, 1.807) is 0 Å². The Balaban J connectivity index is 1.61. The topological polar surface area (TPSA) is 91.2 Å². The Hall–Kier alpha value is -3.04. The van der Waals surface area contributed by atoms with Crippen molar-refractivity contribution in [3.63, 3.8) is 0 Å². The van der Waals surface area contributed by atoms with Gasteiger partial charge in [-0.25, -0.2) is 4.79 Å². The standard InChI is InChI=1S/C23H31N5O3Si/c1-32(2,3)15-14-30-18-28-26-22(25-27-28)21(16-19-10-6-4-7-11-19)24-23(29)31-17-20-12-8-5-9-13-20/h4-13,21H,14-18H2,1-3H3,(H,24,29). The molecule has 0 aliphatic rings. The van der Waals surface area contributed by atoms with Gasteiger partial charge >= 0.3 is 6.09 Å². The van der Waals surface area contributed by atoms with Crippen molar-refractivity contribution in [2.75, 3.05) is 6.61 Å². The summed E-state index contributed by atoms with van der Waals surface area (Å²) in [4.78, 5) is 13.9. The molecule has 2 aromatic carbocycles. The second-order valence-corrected chi connectivity index (χ2v) is 14.4. The van der Waals surface area contributed by atoms with Crippen molar-refractivity contribution in [1.29, 1.82) is 0 Å². The number of nitrogens with zero attached hydrogens (tertiary/aromatic N) is 4. The highest BCUT2D eigenvalue weighted by Gasteiger charge is 2.21. The van der Waals surface area contributed by atoms with Gasteiger partial charge in [-0.1, -0.05) is 80.3 Å². The third kappa shape index (κ3) is 8.24. The monoisotopic (exact) mass is 453 g/mol. The fourth-order valence-corrected chi connectivity index (χ4v) is 3.69. The van der Waals surface area contributed by atoms with Crippen LogP contribution in [0.1, 0.15) is 23.0 Å². The van der Waals surface area contributed by atoms with Gasteiger partial charge in [0, 0.05) is 21.1 Å². The maximum Gasteiger partial charge on any atom is 0.408 e. The Morgan fingerprint density at radius 3 is 2.34 bits per heavy atom. The molecule has 0 spiro atoms.